The zero-order chi connectivity index (χ0) is 16.4. The van der Waals surface area contributed by atoms with E-state index in [1.165, 1.54) is 25.7 Å². The largest absolute Gasteiger partial charge is 0.383 e. The topological polar surface area (TPSA) is 62.9 Å². The molecule has 22 heavy (non-hydrogen) atoms. The summed E-state index contributed by atoms with van der Waals surface area (Å²) in [6.07, 6.45) is 6.29. The molecule has 130 valence electrons. The van der Waals surface area contributed by atoms with E-state index in [0.29, 0.717) is 12.0 Å². The van der Waals surface area contributed by atoms with Gasteiger partial charge >= 0.3 is 0 Å². The maximum absolute atomic E-state index is 5.98. The van der Waals surface area contributed by atoms with E-state index >= 15 is 0 Å². The van der Waals surface area contributed by atoms with Crippen molar-refractivity contribution in [3.8, 4) is 0 Å². The molecule has 0 aromatic rings. The maximum atomic E-state index is 5.98. The Kier molecular flexibility index (Phi) is 9.48. The van der Waals surface area contributed by atoms with Gasteiger partial charge in [0.25, 0.3) is 0 Å². The van der Waals surface area contributed by atoms with E-state index in [0.717, 1.165) is 44.6 Å². The van der Waals surface area contributed by atoms with Crippen LogP contribution in [-0.2, 0) is 4.74 Å². The molecule has 0 aromatic heterocycles. The van der Waals surface area contributed by atoms with Gasteiger partial charge in [-0.25, -0.2) is 0 Å². The van der Waals surface area contributed by atoms with Crippen LogP contribution in [0.3, 0.4) is 0 Å². The Labute approximate surface area is 136 Å². The summed E-state index contributed by atoms with van der Waals surface area (Å²) >= 11 is 0. The highest BCUT2D eigenvalue weighted by molar-refractivity contribution is 5.78. The molecule has 0 spiro atoms. The summed E-state index contributed by atoms with van der Waals surface area (Å²) in [5.74, 6) is 1.36. The molecule has 1 aliphatic carbocycles. The molecule has 1 rings (SSSR count). The summed E-state index contributed by atoms with van der Waals surface area (Å²) in [6.45, 7) is 10.2. The molecule has 1 unspecified atom stereocenters. The molecule has 0 saturated heterocycles. The molecule has 1 aliphatic rings. The Bertz CT molecular complexity index is 316. The van der Waals surface area contributed by atoms with Gasteiger partial charge < -0.3 is 15.8 Å². The van der Waals surface area contributed by atoms with Crippen molar-refractivity contribution in [2.45, 2.75) is 65.0 Å². The summed E-state index contributed by atoms with van der Waals surface area (Å²) < 4.78 is 5.17. The molecule has 1 fully saturated rings. The maximum Gasteiger partial charge on any atom is 0.188 e. The van der Waals surface area contributed by atoms with Gasteiger partial charge in [0.2, 0.25) is 0 Å². The lowest BCUT2D eigenvalue weighted by Gasteiger charge is -2.20. The van der Waals surface area contributed by atoms with Gasteiger partial charge in [0.15, 0.2) is 5.96 Å². The number of nitrogens with two attached hydrogens (primary N) is 1. The first kappa shape index (κ1) is 19.2. The molecule has 0 heterocycles. The lowest BCUT2D eigenvalue weighted by atomic mass is 10.0. The van der Waals surface area contributed by atoms with Gasteiger partial charge in [-0.1, -0.05) is 26.7 Å². The van der Waals surface area contributed by atoms with E-state index in [-0.39, 0.29) is 0 Å². The number of methoxy groups -OCH3 is 1. The van der Waals surface area contributed by atoms with Gasteiger partial charge in [-0.15, -0.1) is 0 Å². The second-order valence-corrected chi connectivity index (χ2v) is 6.90. The lowest BCUT2D eigenvalue weighted by molar-refractivity contribution is 0.145. The minimum absolute atomic E-state index is 0.399. The Hall–Kier alpha value is -0.810. The highest BCUT2D eigenvalue weighted by atomic mass is 16.5. The quantitative estimate of drug-likeness (QED) is 0.428. The van der Waals surface area contributed by atoms with E-state index in [9.17, 15) is 0 Å². The average Bonchev–Trinajstić information content (AvgIpc) is 3.26. The molecule has 3 N–H and O–H groups in total. The zero-order valence-electron chi connectivity index (χ0n) is 15.0. The monoisotopic (exact) mass is 312 g/mol. The molecule has 0 aromatic carbocycles. The molecule has 0 radical (unpaired) electrons. The van der Waals surface area contributed by atoms with Crippen molar-refractivity contribution >= 4 is 5.96 Å². The number of rotatable bonds is 12. The SMILES string of the molecule is COCCN(CCN=C(N)NC(C)CCCC(C)C)C1CC1. The molecule has 5 heteroatoms. The summed E-state index contributed by atoms with van der Waals surface area (Å²) in [5, 5.41) is 3.30. The number of hydrogen-bond acceptors (Lipinski definition) is 3. The molecular formula is C17H36N4O. The van der Waals surface area contributed by atoms with Gasteiger partial charge in [-0.2, -0.15) is 0 Å². The van der Waals surface area contributed by atoms with Crippen molar-refractivity contribution in [2.24, 2.45) is 16.6 Å². The zero-order valence-corrected chi connectivity index (χ0v) is 15.0. The van der Waals surface area contributed by atoms with E-state index in [2.05, 4.69) is 36.0 Å². The Morgan fingerprint density at radius 1 is 1.27 bits per heavy atom. The predicted molar refractivity (Wildman–Crippen MR) is 94.2 cm³/mol. The standard InChI is InChI=1S/C17H36N4O/c1-14(2)6-5-7-15(3)20-17(18)19-10-11-21(12-13-22-4)16-8-9-16/h14-16H,5-13H2,1-4H3,(H3,18,19,20). The normalized spacial score (nSPS) is 17.3. The highest BCUT2D eigenvalue weighted by Crippen LogP contribution is 2.26. The van der Waals surface area contributed by atoms with Gasteiger partial charge in [-0.05, 0) is 32.1 Å². The van der Waals surface area contributed by atoms with Crippen LogP contribution in [0.2, 0.25) is 0 Å². The number of guanidine groups is 1. The van der Waals surface area contributed by atoms with Crippen LogP contribution in [-0.4, -0.2) is 56.3 Å². The van der Waals surface area contributed by atoms with Crippen LogP contribution >= 0.6 is 0 Å². The van der Waals surface area contributed by atoms with Crippen LogP contribution in [0.5, 0.6) is 0 Å². The number of ether oxygens (including phenoxy) is 1. The fourth-order valence-corrected chi connectivity index (χ4v) is 2.63. The predicted octanol–water partition coefficient (Wildman–Crippen LogP) is 2.22. The number of aliphatic imine (C=N–C) groups is 1. The molecular weight excluding hydrogens is 276 g/mol. The van der Waals surface area contributed by atoms with Crippen molar-refractivity contribution in [1.82, 2.24) is 10.2 Å². The molecule has 0 amide bonds. The number of nitrogens with one attached hydrogen (secondary N) is 1. The fraction of sp³-hybridized carbons (Fsp3) is 0.941. The summed E-state index contributed by atoms with van der Waals surface area (Å²) in [6, 6.07) is 1.14. The third-order valence-electron chi connectivity index (χ3n) is 4.13. The minimum atomic E-state index is 0.399. The Morgan fingerprint density at radius 2 is 2.00 bits per heavy atom. The van der Waals surface area contributed by atoms with Crippen molar-refractivity contribution in [2.75, 3.05) is 33.4 Å². The Morgan fingerprint density at radius 3 is 2.59 bits per heavy atom. The first-order valence-electron chi connectivity index (χ1n) is 8.82. The van der Waals surface area contributed by atoms with Crippen molar-refractivity contribution in [1.29, 1.82) is 0 Å². The van der Waals surface area contributed by atoms with Crippen LogP contribution in [0.15, 0.2) is 4.99 Å². The van der Waals surface area contributed by atoms with Gasteiger partial charge in [0.05, 0.1) is 13.2 Å². The van der Waals surface area contributed by atoms with Crippen LogP contribution in [0.1, 0.15) is 52.9 Å². The van der Waals surface area contributed by atoms with Crippen LogP contribution in [0.25, 0.3) is 0 Å². The first-order valence-corrected chi connectivity index (χ1v) is 8.82. The lowest BCUT2D eigenvalue weighted by Crippen LogP contribution is -2.39. The van der Waals surface area contributed by atoms with Crippen molar-refractivity contribution < 1.29 is 4.74 Å². The third kappa shape index (κ3) is 9.26. The van der Waals surface area contributed by atoms with Crippen LogP contribution < -0.4 is 11.1 Å². The van der Waals surface area contributed by atoms with Crippen molar-refractivity contribution in [3.63, 3.8) is 0 Å². The molecule has 5 nitrogen and oxygen atoms in total. The Balaban J connectivity index is 2.17. The summed E-state index contributed by atoms with van der Waals surface area (Å²) in [7, 11) is 1.76. The fourth-order valence-electron chi connectivity index (χ4n) is 2.63. The third-order valence-corrected chi connectivity index (χ3v) is 4.13. The van der Waals surface area contributed by atoms with Gasteiger partial charge in [0.1, 0.15) is 0 Å². The van der Waals surface area contributed by atoms with Gasteiger partial charge in [0, 0.05) is 32.3 Å². The number of nitrogens with zero attached hydrogens (tertiary/aromatic N) is 2. The van der Waals surface area contributed by atoms with Crippen molar-refractivity contribution in [3.05, 3.63) is 0 Å². The highest BCUT2D eigenvalue weighted by Gasteiger charge is 2.27. The average molecular weight is 313 g/mol. The van der Waals surface area contributed by atoms with Gasteiger partial charge in [-0.3, -0.25) is 9.89 Å². The minimum Gasteiger partial charge on any atom is -0.383 e. The molecule has 0 bridgehead atoms. The van der Waals surface area contributed by atoms with Crippen LogP contribution in [0.4, 0.5) is 0 Å². The van der Waals surface area contributed by atoms with E-state index in [1.807, 2.05) is 0 Å². The van der Waals surface area contributed by atoms with E-state index < -0.39 is 0 Å². The van der Waals surface area contributed by atoms with E-state index in [4.69, 9.17) is 10.5 Å². The summed E-state index contributed by atoms with van der Waals surface area (Å²) in [4.78, 5) is 6.93. The molecule has 1 saturated carbocycles. The first-order chi connectivity index (χ1) is 10.5. The number of hydrogen-bond donors (Lipinski definition) is 2. The van der Waals surface area contributed by atoms with E-state index in [1.54, 1.807) is 7.11 Å². The van der Waals surface area contributed by atoms with Crippen LogP contribution in [0, 0.1) is 5.92 Å². The molecule has 0 aliphatic heterocycles. The second-order valence-electron chi connectivity index (χ2n) is 6.90. The summed E-state index contributed by atoms with van der Waals surface area (Å²) in [5.41, 5.74) is 5.98. The smallest absolute Gasteiger partial charge is 0.188 e. The molecule has 1 atom stereocenters. The second kappa shape index (κ2) is 10.8.